The number of amides is 1. The van der Waals surface area contributed by atoms with Crippen LogP contribution in [0.5, 0.6) is 0 Å². The molecule has 0 aliphatic rings. The van der Waals surface area contributed by atoms with Crippen molar-refractivity contribution < 1.29 is 28.9 Å². The first-order chi connectivity index (χ1) is 15.0. The van der Waals surface area contributed by atoms with Crippen molar-refractivity contribution in [2.45, 2.75) is 32.8 Å². The first kappa shape index (κ1) is 22.8. The van der Waals surface area contributed by atoms with Gasteiger partial charge in [0.25, 0.3) is 5.91 Å². The number of fused-ring (bicyclic) bond motifs is 1. The molecule has 164 valence electrons. The molecule has 1 heterocycles. The van der Waals surface area contributed by atoms with Crippen molar-refractivity contribution in [1.82, 2.24) is 4.98 Å². The molecule has 2 N–H and O–H groups in total. The van der Waals surface area contributed by atoms with Crippen LogP contribution in [0.3, 0.4) is 0 Å². The molecule has 2 unspecified atom stereocenters. The van der Waals surface area contributed by atoms with Gasteiger partial charge in [0.15, 0.2) is 12.4 Å². The second kappa shape index (κ2) is 11.0. The van der Waals surface area contributed by atoms with Gasteiger partial charge in [0.2, 0.25) is 0 Å². The number of carbonyl (C=O) groups excluding carboxylic acids is 2. The fourth-order valence-corrected chi connectivity index (χ4v) is 3.76. The van der Waals surface area contributed by atoms with Gasteiger partial charge in [-0.15, -0.1) is 11.3 Å². The summed E-state index contributed by atoms with van der Waals surface area (Å²) >= 11 is 1.44. The van der Waals surface area contributed by atoms with Crippen molar-refractivity contribution in [3.8, 4) is 0 Å². The lowest BCUT2D eigenvalue weighted by atomic mass is 10.1. The van der Waals surface area contributed by atoms with Gasteiger partial charge in [-0.3, -0.25) is 4.79 Å². The van der Waals surface area contributed by atoms with Crippen LogP contribution >= 0.6 is 11.3 Å². The smallest absolute Gasteiger partial charge is 0.340 e. The van der Waals surface area contributed by atoms with Gasteiger partial charge in [0.05, 0.1) is 34.7 Å². The number of aliphatic hydroxyl groups is 1. The van der Waals surface area contributed by atoms with Crippen LogP contribution in [0, 0.1) is 0 Å². The van der Waals surface area contributed by atoms with E-state index in [9.17, 15) is 14.7 Å². The van der Waals surface area contributed by atoms with Gasteiger partial charge in [-0.2, -0.15) is 0 Å². The average Bonchev–Trinajstić information content (AvgIpc) is 3.17. The molecule has 2 aromatic carbocycles. The van der Waals surface area contributed by atoms with Crippen LogP contribution in [0.15, 0.2) is 48.5 Å². The summed E-state index contributed by atoms with van der Waals surface area (Å²) in [5.41, 5.74) is 1.29. The maximum absolute atomic E-state index is 12.9. The second-order valence-corrected chi connectivity index (χ2v) is 7.52. The van der Waals surface area contributed by atoms with Gasteiger partial charge < -0.3 is 24.6 Å². The summed E-state index contributed by atoms with van der Waals surface area (Å²) in [7, 11) is 0. The molecule has 8 nitrogen and oxygen atoms in total. The number of anilines is 1. The predicted molar refractivity (Wildman–Crippen MR) is 117 cm³/mol. The number of carbonyl (C=O) groups is 2. The molecule has 0 aliphatic carbocycles. The number of nitrogens with one attached hydrogen (secondary N) is 1. The number of ether oxygens (including phenoxy) is 3. The van der Waals surface area contributed by atoms with E-state index in [0.29, 0.717) is 5.01 Å². The van der Waals surface area contributed by atoms with E-state index in [-0.39, 0.29) is 31.1 Å². The zero-order valence-corrected chi connectivity index (χ0v) is 18.1. The Hall–Kier alpha value is -2.85. The topological polar surface area (TPSA) is 107 Å². The van der Waals surface area contributed by atoms with Crippen molar-refractivity contribution in [2.24, 2.45) is 0 Å². The standard InChI is InChI=1S/C22H24N2O6S/c1-3-28-21(26)14-9-5-6-10-15(14)24-20(25)19(22(27)29-4-2)30-13-18-23-16-11-7-8-12-17(16)31-18/h5-12,19,22,27H,3-4,13H2,1-2H3,(H,24,25). The van der Waals surface area contributed by atoms with Gasteiger partial charge in [0.1, 0.15) is 5.01 Å². The fraction of sp³-hybridized carbons (Fsp3) is 0.318. The minimum absolute atomic E-state index is 0.0150. The summed E-state index contributed by atoms with van der Waals surface area (Å²) in [4.78, 5) is 29.5. The summed E-state index contributed by atoms with van der Waals surface area (Å²) < 4.78 is 16.9. The number of nitrogens with zero attached hydrogens (tertiary/aromatic N) is 1. The summed E-state index contributed by atoms with van der Waals surface area (Å²) in [6, 6.07) is 14.1. The van der Waals surface area contributed by atoms with Crippen molar-refractivity contribution >= 4 is 39.1 Å². The molecule has 0 spiro atoms. The Labute approximate surface area is 183 Å². The maximum Gasteiger partial charge on any atom is 0.340 e. The summed E-state index contributed by atoms with van der Waals surface area (Å²) in [5.74, 6) is -1.21. The number of para-hydroxylation sites is 2. The number of aromatic nitrogens is 1. The number of rotatable bonds is 10. The molecule has 1 amide bonds. The van der Waals surface area contributed by atoms with Crippen LogP contribution in [0.4, 0.5) is 5.69 Å². The summed E-state index contributed by atoms with van der Waals surface area (Å²) in [6.45, 7) is 3.80. The van der Waals surface area contributed by atoms with Crippen LogP contribution in [0.1, 0.15) is 29.2 Å². The quantitative estimate of drug-likeness (QED) is 0.365. The normalized spacial score (nSPS) is 13.0. The molecule has 0 aliphatic heterocycles. The van der Waals surface area contributed by atoms with E-state index in [2.05, 4.69) is 10.3 Å². The average molecular weight is 445 g/mol. The predicted octanol–water partition coefficient (Wildman–Crippen LogP) is 3.35. The Morgan fingerprint density at radius 2 is 1.81 bits per heavy atom. The molecule has 1 aromatic heterocycles. The lowest BCUT2D eigenvalue weighted by Crippen LogP contribution is -2.42. The highest BCUT2D eigenvalue weighted by Crippen LogP contribution is 2.23. The van der Waals surface area contributed by atoms with E-state index in [1.807, 2.05) is 24.3 Å². The number of hydrogen-bond donors (Lipinski definition) is 2. The monoisotopic (exact) mass is 444 g/mol. The van der Waals surface area contributed by atoms with Gasteiger partial charge >= 0.3 is 5.97 Å². The zero-order chi connectivity index (χ0) is 22.2. The van der Waals surface area contributed by atoms with E-state index in [4.69, 9.17) is 14.2 Å². The Morgan fingerprint density at radius 1 is 1.06 bits per heavy atom. The van der Waals surface area contributed by atoms with E-state index in [1.54, 1.807) is 38.1 Å². The zero-order valence-electron chi connectivity index (χ0n) is 17.2. The number of esters is 1. The minimum atomic E-state index is -1.49. The largest absolute Gasteiger partial charge is 0.462 e. The van der Waals surface area contributed by atoms with Crippen molar-refractivity contribution in [2.75, 3.05) is 18.5 Å². The van der Waals surface area contributed by atoms with Gasteiger partial charge in [-0.1, -0.05) is 24.3 Å². The molecule has 0 fully saturated rings. The molecule has 0 bridgehead atoms. The third kappa shape index (κ3) is 5.86. The number of thiazole rings is 1. The minimum Gasteiger partial charge on any atom is -0.462 e. The third-order valence-corrected chi connectivity index (χ3v) is 5.27. The number of aliphatic hydroxyl groups excluding tert-OH is 1. The second-order valence-electron chi connectivity index (χ2n) is 6.41. The lowest BCUT2D eigenvalue weighted by Gasteiger charge is -2.22. The molecule has 0 saturated heterocycles. The van der Waals surface area contributed by atoms with Crippen LogP contribution in [-0.2, 0) is 25.6 Å². The van der Waals surface area contributed by atoms with Gasteiger partial charge in [-0.05, 0) is 38.1 Å². The van der Waals surface area contributed by atoms with Crippen molar-refractivity contribution in [3.63, 3.8) is 0 Å². The Balaban J connectivity index is 1.75. The van der Waals surface area contributed by atoms with E-state index >= 15 is 0 Å². The fourth-order valence-electron chi connectivity index (χ4n) is 2.87. The Bertz CT molecular complexity index is 1000. The molecule has 31 heavy (non-hydrogen) atoms. The van der Waals surface area contributed by atoms with E-state index < -0.39 is 24.3 Å². The molecular weight excluding hydrogens is 420 g/mol. The lowest BCUT2D eigenvalue weighted by molar-refractivity contribution is -0.184. The molecule has 0 saturated carbocycles. The van der Waals surface area contributed by atoms with E-state index in [1.165, 1.54) is 11.3 Å². The van der Waals surface area contributed by atoms with Crippen LogP contribution in [0.25, 0.3) is 10.2 Å². The molecule has 3 aromatic rings. The molecule has 9 heteroatoms. The Kier molecular flexibility index (Phi) is 8.07. The van der Waals surface area contributed by atoms with Gasteiger partial charge in [-0.25, -0.2) is 9.78 Å². The van der Waals surface area contributed by atoms with Gasteiger partial charge in [0, 0.05) is 6.61 Å². The van der Waals surface area contributed by atoms with Crippen molar-refractivity contribution in [1.29, 1.82) is 0 Å². The highest BCUT2D eigenvalue weighted by Gasteiger charge is 2.30. The van der Waals surface area contributed by atoms with Crippen LogP contribution < -0.4 is 5.32 Å². The first-order valence-electron chi connectivity index (χ1n) is 9.86. The summed E-state index contributed by atoms with van der Waals surface area (Å²) in [5, 5.41) is 13.6. The maximum atomic E-state index is 12.9. The van der Waals surface area contributed by atoms with E-state index in [0.717, 1.165) is 10.2 Å². The number of hydrogen-bond acceptors (Lipinski definition) is 8. The van der Waals surface area contributed by atoms with Crippen molar-refractivity contribution in [3.05, 3.63) is 59.1 Å². The SMILES string of the molecule is CCOC(=O)c1ccccc1NC(=O)C(OCc1nc2ccccc2s1)C(O)OCC. The highest BCUT2D eigenvalue weighted by atomic mass is 32.1. The van der Waals surface area contributed by atoms with Crippen LogP contribution in [0.2, 0.25) is 0 Å². The number of benzene rings is 2. The molecule has 2 atom stereocenters. The molecular formula is C22H24N2O6S. The van der Waals surface area contributed by atoms with Crippen LogP contribution in [-0.4, -0.2) is 47.6 Å². The molecule has 0 radical (unpaired) electrons. The highest BCUT2D eigenvalue weighted by molar-refractivity contribution is 7.18. The summed E-state index contributed by atoms with van der Waals surface area (Å²) in [6.07, 6.45) is -2.82. The first-order valence-corrected chi connectivity index (χ1v) is 10.7. The Morgan fingerprint density at radius 3 is 2.55 bits per heavy atom. The molecule has 3 rings (SSSR count). The third-order valence-electron chi connectivity index (χ3n) is 4.26.